The Morgan fingerprint density at radius 3 is 2.33 bits per heavy atom. The predicted octanol–water partition coefficient (Wildman–Crippen LogP) is 6.29. The van der Waals surface area contributed by atoms with E-state index in [4.69, 9.17) is 9.26 Å². The SMILES string of the molecule is CC(=O)O[C@@]1(C(C)=O)CC[C@H]2[C@@H]3C[C@H](C)C4=C/C(=N/O[Si](C)(C)C)CC[C@]4(C)[C@H]3CC[C@@]21C. The molecule has 4 aliphatic carbocycles. The Balaban J connectivity index is 1.66. The van der Waals surface area contributed by atoms with Crippen LogP contribution in [0.15, 0.2) is 16.8 Å². The van der Waals surface area contributed by atoms with Crippen LogP contribution in [0.3, 0.4) is 0 Å². The van der Waals surface area contributed by atoms with Gasteiger partial charge in [-0.25, -0.2) is 0 Å². The van der Waals surface area contributed by atoms with Crippen LogP contribution in [-0.4, -0.2) is 31.4 Å². The van der Waals surface area contributed by atoms with Crippen molar-refractivity contribution in [3.05, 3.63) is 11.6 Å². The monoisotopic (exact) mass is 473 g/mol. The number of carbonyl (C=O) groups excluding carboxylic acids is 2. The second-order valence-electron chi connectivity index (χ2n) is 12.8. The number of esters is 1. The number of carbonyl (C=O) groups is 2. The Labute approximate surface area is 200 Å². The lowest BCUT2D eigenvalue weighted by Crippen LogP contribution is -2.59. The van der Waals surface area contributed by atoms with Crippen LogP contribution in [0.1, 0.15) is 79.6 Å². The highest BCUT2D eigenvalue weighted by molar-refractivity contribution is 6.69. The minimum Gasteiger partial charge on any atom is -0.455 e. The lowest BCUT2D eigenvalue weighted by Gasteiger charge is -2.60. The van der Waals surface area contributed by atoms with Crippen molar-refractivity contribution in [2.45, 2.75) is 105 Å². The maximum atomic E-state index is 12.9. The molecule has 0 radical (unpaired) electrons. The first-order valence-electron chi connectivity index (χ1n) is 12.9. The summed E-state index contributed by atoms with van der Waals surface area (Å²) in [5.41, 5.74) is 1.60. The van der Waals surface area contributed by atoms with Crippen molar-refractivity contribution in [1.82, 2.24) is 0 Å². The van der Waals surface area contributed by atoms with Crippen molar-refractivity contribution in [2.75, 3.05) is 0 Å². The van der Waals surface area contributed by atoms with E-state index in [1.165, 1.54) is 6.92 Å². The van der Waals surface area contributed by atoms with E-state index >= 15 is 0 Å². The number of fused-ring (bicyclic) bond motifs is 5. The molecule has 4 rings (SSSR count). The molecule has 0 aromatic carbocycles. The highest BCUT2D eigenvalue weighted by Gasteiger charge is 2.68. The molecule has 4 aliphatic rings. The third kappa shape index (κ3) is 3.84. The summed E-state index contributed by atoms with van der Waals surface area (Å²) in [4.78, 5) is 25.0. The second-order valence-corrected chi connectivity index (χ2v) is 17.2. The molecule has 5 nitrogen and oxygen atoms in total. The molecule has 6 heteroatoms. The minimum atomic E-state index is -1.69. The molecule has 0 heterocycles. The van der Waals surface area contributed by atoms with E-state index in [0.717, 1.165) is 44.2 Å². The first-order chi connectivity index (χ1) is 15.2. The molecule has 0 bridgehead atoms. The molecule has 33 heavy (non-hydrogen) atoms. The van der Waals surface area contributed by atoms with E-state index in [-0.39, 0.29) is 22.6 Å². The summed E-state index contributed by atoms with van der Waals surface area (Å²) in [5.74, 6) is 1.77. The Morgan fingerprint density at radius 2 is 1.73 bits per heavy atom. The summed E-state index contributed by atoms with van der Waals surface area (Å²) in [7, 11) is -1.69. The molecular weight excluding hydrogens is 430 g/mol. The molecule has 0 N–H and O–H groups in total. The molecule has 3 saturated carbocycles. The fourth-order valence-corrected chi connectivity index (χ4v) is 8.72. The van der Waals surface area contributed by atoms with Gasteiger partial charge in [-0.1, -0.05) is 26.3 Å². The average molecular weight is 474 g/mol. The van der Waals surface area contributed by atoms with Crippen molar-refractivity contribution in [2.24, 2.45) is 39.7 Å². The van der Waals surface area contributed by atoms with Gasteiger partial charge in [-0.2, -0.15) is 0 Å². The van der Waals surface area contributed by atoms with E-state index in [2.05, 4.69) is 51.6 Å². The predicted molar refractivity (Wildman–Crippen MR) is 133 cm³/mol. The summed E-state index contributed by atoms with van der Waals surface area (Å²) in [6.07, 6.45) is 9.26. The quantitative estimate of drug-likeness (QED) is 0.273. The summed E-state index contributed by atoms with van der Waals surface area (Å²) < 4.78 is 11.8. The molecular formula is C27H43NO4Si. The third-order valence-corrected chi connectivity index (χ3v) is 10.4. The highest BCUT2D eigenvalue weighted by atomic mass is 28.4. The number of hydrogen-bond acceptors (Lipinski definition) is 5. The Kier molecular flexibility index (Phi) is 6.03. The second kappa shape index (κ2) is 8.06. The normalized spacial score (nSPS) is 43.8. The average Bonchev–Trinajstić information content (AvgIpc) is 2.99. The van der Waals surface area contributed by atoms with E-state index in [0.29, 0.717) is 30.1 Å². The molecule has 0 unspecified atom stereocenters. The Hall–Kier alpha value is -1.43. The maximum absolute atomic E-state index is 12.9. The van der Waals surface area contributed by atoms with Gasteiger partial charge in [-0.15, -0.1) is 5.16 Å². The molecule has 0 amide bonds. The maximum Gasteiger partial charge on any atom is 0.303 e. The Bertz CT molecular complexity index is 904. The smallest absolute Gasteiger partial charge is 0.303 e. The zero-order valence-electron chi connectivity index (χ0n) is 21.9. The first kappa shape index (κ1) is 24.7. The van der Waals surface area contributed by atoms with Crippen LogP contribution in [0.2, 0.25) is 19.6 Å². The summed E-state index contributed by atoms with van der Waals surface area (Å²) >= 11 is 0. The van der Waals surface area contributed by atoms with Gasteiger partial charge in [0, 0.05) is 12.3 Å². The highest BCUT2D eigenvalue weighted by Crippen LogP contribution is 2.69. The minimum absolute atomic E-state index is 0.0257. The van der Waals surface area contributed by atoms with Gasteiger partial charge in [-0.3, -0.25) is 9.59 Å². The van der Waals surface area contributed by atoms with Gasteiger partial charge in [0.15, 0.2) is 11.4 Å². The molecule has 0 saturated heterocycles. The van der Waals surface area contributed by atoms with Gasteiger partial charge < -0.3 is 9.26 Å². The van der Waals surface area contributed by atoms with Crippen LogP contribution in [-0.2, 0) is 18.9 Å². The van der Waals surface area contributed by atoms with Crippen molar-refractivity contribution < 1.29 is 18.9 Å². The van der Waals surface area contributed by atoms with Crippen molar-refractivity contribution in [3.8, 4) is 0 Å². The van der Waals surface area contributed by atoms with Gasteiger partial charge in [0.25, 0.3) is 8.32 Å². The van der Waals surface area contributed by atoms with Crippen LogP contribution in [0, 0.1) is 34.5 Å². The number of oxime groups is 1. The molecule has 0 aromatic heterocycles. The van der Waals surface area contributed by atoms with Crippen LogP contribution in [0.25, 0.3) is 0 Å². The molecule has 0 aromatic rings. The summed E-state index contributed by atoms with van der Waals surface area (Å²) in [6.45, 7) is 16.7. The standard InChI is InChI=1S/C27H43NO4Si/c1-17-15-21-22(25(4)12-9-20(16-24(17)25)28-32-33(6,7)8)10-13-26(5)23(21)11-14-27(26,18(2)29)31-19(3)30/h16-17,21-23H,9-15H2,1-8H3/b28-20+/t17-,21+,22-,23-,25+,26-,27+/m0/s1. The number of hydrogen-bond donors (Lipinski definition) is 0. The lowest BCUT2D eigenvalue weighted by molar-refractivity contribution is -0.187. The van der Waals surface area contributed by atoms with Crippen LogP contribution in [0.4, 0.5) is 0 Å². The van der Waals surface area contributed by atoms with E-state index < -0.39 is 13.9 Å². The van der Waals surface area contributed by atoms with Crippen LogP contribution >= 0.6 is 0 Å². The summed E-state index contributed by atoms with van der Waals surface area (Å²) in [5, 5.41) is 4.56. The van der Waals surface area contributed by atoms with Gasteiger partial charge in [0.1, 0.15) is 0 Å². The van der Waals surface area contributed by atoms with Gasteiger partial charge >= 0.3 is 5.97 Å². The number of rotatable bonds is 4. The lowest BCUT2D eigenvalue weighted by atomic mass is 9.44. The van der Waals surface area contributed by atoms with Gasteiger partial charge in [-0.05, 0) is 107 Å². The number of allylic oxidation sites excluding steroid dienone is 2. The zero-order chi connectivity index (χ0) is 24.4. The van der Waals surface area contributed by atoms with Gasteiger partial charge in [0.05, 0.1) is 5.71 Å². The number of nitrogens with zero attached hydrogens (tertiary/aromatic N) is 1. The number of ketones is 1. The van der Waals surface area contributed by atoms with Crippen LogP contribution in [0.5, 0.6) is 0 Å². The summed E-state index contributed by atoms with van der Waals surface area (Å²) in [6, 6.07) is 0. The Morgan fingerprint density at radius 1 is 1.06 bits per heavy atom. The molecule has 0 aliphatic heterocycles. The molecule has 0 spiro atoms. The van der Waals surface area contributed by atoms with Crippen molar-refractivity contribution in [3.63, 3.8) is 0 Å². The first-order valence-corrected chi connectivity index (χ1v) is 16.3. The number of ether oxygens (including phenoxy) is 1. The van der Waals surface area contributed by atoms with E-state index in [1.54, 1.807) is 12.5 Å². The molecule has 184 valence electrons. The van der Waals surface area contributed by atoms with Crippen molar-refractivity contribution in [1.29, 1.82) is 0 Å². The zero-order valence-corrected chi connectivity index (χ0v) is 22.9. The largest absolute Gasteiger partial charge is 0.455 e. The van der Waals surface area contributed by atoms with E-state index in [1.807, 2.05) is 0 Å². The fourth-order valence-electron chi connectivity index (χ4n) is 8.32. The number of Topliss-reactive ketones (excluding diaryl/α,β-unsaturated/α-hetero) is 1. The van der Waals surface area contributed by atoms with Crippen LogP contribution < -0.4 is 0 Å². The third-order valence-electron chi connectivity index (χ3n) is 9.74. The topological polar surface area (TPSA) is 65.0 Å². The van der Waals surface area contributed by atoms with Crippen molar-refractivity contribution >= 4 is 25.8 Å². The molecule has 3 fully saturated rings. The van der Waals surface area contributed by atoms with Gasteiger partial charge in [0.2, 0.25) is 0 Å². The fraction of sp³-hybridized carbons (Fsp3) is 0.815. The molecule has 7 atom stereocenters. The van der Waals surface area contributed by atoms with E-state index in [9.17, 15) is 9.59 Å².